The first-order valence-corrected chi connectivity index (χ1v) is 16.6. The molecular formula is C37H45N3O3S. The van der Waals surface area contributed by atoms with Crippen molar-refractivity contribution in [3.8, 4) is 16.9 Å². The second kappa shape index (κ2) is 14.9. The van der Waals surface area contributed by atoms with Crippen LogP contribution in [0.1, 0.15) is 62.8 Å². The van der Waals surface area contributed by atoms with Crippen LogP contribution in [0.3, 0.4) is 0 Å². The molecule has 0 N–H and O–H groups in total. The lowest BCUT2D eigenvalue weighted by molar-refractivity contribution is -0.124. The van der Waals surface area contributed by atoms with Crippen molar-refractivity contribution in [3.05, 3.63) is 93.7 Å². The molecule has 6 nitrogen and oxygen atoms in total. The zero-order valence-electron chi connectivity index (χ0n) is 26.7. The van der Waals surface area contributed by atoms with E-state index in [4.69, 9.17) is 14.5 Å². The number of hydrogen-bond acceptors (Lipinski definition) is 6. The van der Waals surface area contributed by atoms with E-state index in [-0.39, 0.29) is 5.91 Å². The van der Waals surface area contributed by atoms with Crippen LogP contribution in [0.2, 0.25) is 0 Å². The second-order valence-corrected chi connectivity index (χ2v) is 12.8. The van der Waals surface area contributed by atoms with Gasteiger partial charge in [-0.3, -0.25) is 9.79 Å². The number of fused-ring (bicyclic) bond motifs is 1. The second-order valence-electron chi connectivity index (χ2n) is 11.9. The van der Waals surface area contributed by atoms with Crippen LogP contribution in [0.5, 0.6) is 5.75 Å². The van der Waals surface area contributed by atoms with Gasteiger partial charge in [-0.05, 0) is 87.1 Å². The molecule has 0 atom stereocenters. The van der Waals surface area contributed by atoms with Crippen LogP contribution < -0.4 is 4.74 Å². The largest absolute Gasteiger partial charge is 0.439 e. The number of aryl methyl sites for hydroxylation is 1. The van der Waals surface area contributed by atoms with E-state index < -0.39 is 0 Å². The molecule has 1 aromatic carbocycles. The Morgan fingerprint density at radius 1 is 1.09 bits per heavy atom. The number of rotatable bonds is 9. The number of carbonyl (C=O) groups is 1. The Balaban J connectivity index is 1.17. The quantitative estimate of drug-likeness (QED) is 0.212. The van der Waals surface area contributed by atoms with Crippen molar-refractivity contribution in [2.75, 3.05) is 40.4 Å². The van der Waals surface area contributed by atoms with Gasteiger partial charge < -0.3 is 19.3 Å². The van der Waals surface area contributed by atoms with Crippen molar-refractivity contribution >= 4 is 28.5 Å². The number of amides is 1. The molecule has 1 aromatic heterocycles. The molecule has 1 saturated heterocycles. The predicted molar refractivity (Wildman–Crippen MR) is 183 cm³/mol. The molecule has 44 heavy (non-hydrogen) atoms. The molecule has 0 spiro atoms. The van der Waals surface area contributed by atoms with Crippen molar-refractivity contribution in [1.82, 2.24) is 9.80 Å². The minimum atomic E-state index is 0.0337. The van der Waals surface area contributed by atoms with Gasteiger partial charge in [0.2, 0.25) is 5.91 Å². The van der Waals surface area contributed by atoms with E-state index in [1.807, 2.05) is 13.0 Å². The Kier molecular flexibility index (Phi) is 10.7. The maximum atomic E-state index is 12.4. The summed E-state index contributed by atoms with van der Waals surface area (Å²) in [6.45, 7) is 11.4. The average molecular weight is 612 g/mol. The number of thiophene rings is 1. The van der Waals surface area contributed by atoms with Gasteiger partial charge in [-0.25, -0.2) is 0 Å². The molecule has 4 heterocycles. The number of nitrogens with zero attached hydrogens (tertiary/aromatic N) is 3. The smallest absolute Gasteiger partial charge is 0.248 e. The summed E-state index contributed by atoms with van der Waals surface area (Å²) in [5, 5.41) is 2.19. The van der Waals surface area contributed by atoms with E-state index in [1.54, 1.807) is 30.3 Å². The fourth-order valence-corrected chi connectivity index (χ4v) is 6.68. The summed E-state index contributed by atoms with van der Waals surface area (Å²) in [5.74, 6) is 1.82. The van der Waals surface area contributed by atoms with Gasteiger partial charge in [0.15, 0.2) is 11.6 Å². The predicted octanol–water partition coefficient (Wildman–Crippen LogP) is 8.20. The first-order valence-electron chi connectivity index (χ1n) is 15.8. The maximum Gasteiger partial charge on any atom is 0.248 e. The Morgan fingerprint density at radius 3 is 2.57 bits per heavy atom. The summed E-state index contributed by atoms with van der Waals surface area (Å²) in [7, 11) is 3.57. The molecule has 2 aromatic rings. The number of allylic oxidation sites excluding steroid dienone is 7. The molecule has 0 radical (unpaired) electrons. The minimum Gasteiger partial charge on any atom is -0.439 e. The van der Waals surface area contributed by atoms with E-state index in [1.165, 1.54) is 11.1 Å². The van der Waals surface area contributed by atoms with Crippen LogP contribution in [0, 0.1) is 0 Å². The van der Waals surface area contributed by atoms with Crippen molar-refractivity contribution in [2.24, 2.45) is 4.99 Å². The highest BCUT2D eigenvalue weighted by Crippen LogP contribution is 2.46. The molecular weight excluding hydrogens is 566 g/mol. The molecule has 0 aliphatic carbocycles. The monoisotopic (exact) mass is 611 g/mol. The molecule has 3 aliphatic rings. The molecule has 0 bridgehead atoms. The molecule has 1 amide bonds. The van der Waals surface area contributed by atoms with Crippen molar-refractivity contribution in [2.45, 2.75) is 58.8 Å². The van der Waals surface area contributed by atoms with E-state index in [2.05, 4.69) is 66.3 Å². The van der Waals surface area contributed by atoms with Gasteiger partial charge in [-0.2, -0.15) is 0 Å². The molecule has 232 valence electrons. The summed E-state index contributed by atoms with van der Waals surface area (Å²) in [6, 6.07) is 8.93. The third-order valence-corrected chi connectivity index (χ3v) is 9.31. The highest BCUT2D eigenvalue weighted by molar-refractivity contribution is 7.12. The van der Waals surface area contributed by atoms with Crippen LogP contribution in [-0.2, 0) is 16.0 Å². The van der Waals surface area contributed by atoms with Gasteiger partial charge in [-0.1, -0.05) is 43.0 Å². The summed E-state index contributed by atoms with van der Waals surface area (Å²) < 4.78 is 12.0. The van der Waals surface area contributed by atoms with Gasteiger partial charge in [-0.15, -0.1) is 11.3 Å². The number of ether oxygens (including phenoxy) is 2. The molecule has 7 heteroatoms. The van der Waals surface area contributed by atoms with Crippen LogP contribution in [0.15, 0.2) is 88.2 Å². The lowest BCUT2D eigenvalue weighted by Crippen LogP contribution is -2.37. The van der Waals surface area contributed by atoms with Crippen LogP contribution in [0.25, 0.3) is 16.7 Å². The highest BCUT2D eigenvalue weighted by Gasteiger charge is 2.26. The third-order valence-electron chi connectivity index (χ3n) is 8.27. The number of benzene rings is 1. The maximum absolute atomic E-state index is 12.4. The van der Waals surface area contributed by atoms with E-state index >= 15 is 0 Å². The first-order chi connectivity index (χ1) is 21.3. The summed E-state index contributed by atoms with van der Waals surface area (Å²) >= 11 is 1.70. The van der Waals surface area contributed by atoms with E-state index in [9.17, 15) is 4.79 Å². The van der Waals surface area contributed by atoms with Gasteiger partial charge >= 0.3 is 0 Å². The standard InChI is InChI=1S/C37H45N3O3S/c1-26-24-34(40-19-21-42-22-20-40)43-35-33(25-44-36(26)35)30-17-15-29(16-18-30)11-9-10-14-32-13-8-6-7-12-31(28(3)38-32)23-27(2)37(41)39(4)5/h12-13,15-18,23-25H,1,6-11,14,19-22H2,2-5H3/b27-23+,31-12-,32-13+,38-28-. The van der Waals surface area contributed by atoms with Crippen molar-refractivity contribution < 1.29 is 14.3 Å². The number of unbranched alkanes of at least 4 members (excludes halogenated alkanes) is 1. The van der Waals surface area contributed by atoms with Gasteiger partial charge in [0.05, 0.1) is 18.1 Å². The Hall–Kier alpha value is -3.68. The van der Waals surface area contributed by atoms with Crippen LogP contribution in [0.4, 0.5) is 0 Å². The number of aliphatic imine (C=N–C) groups is 1. The van der Waals surface area contributed by atoms with Gasteiger partial charge in [0.25, 0.3) is 0 Å². The lowest BCUT2D eigenvalue weighted by atomic mass is 10.0. The summed E-state index contributed by atoms with van der Waals surface area (Å²) in [5.41, 5.74) is 8.58. The van der Waals surface area contributed by atoms with Crippen molar-refractivity contribution in [1.29, 1.82) is 0 Å². The average Bonchev–Trinajstić information content (AvgIpc) is 3.49. The summed E-state index contributed by atoms with van der Waals surface area (Å²) in [6.07, 6.45) is 15.9. The van der Waals surface area contributed by atoms with Gasteiger partial charge in [0.1, 0.15) is 0 Å². The minimum absolute atomic E-state index is 0.0337. The summed E-state index contributed by atoms with van der Waals surface area (Å²) in [4.78, 5) is 22.3. The number of carbonyl (C=O) groups excluding carboxylic acids is 1. The molecule has 0 unspecified atom stereocenters. The molecule has 5 rings (SSSR count). The highest BCUT2D eigenvalue weighted by atomic mass is 32.1. The Labute approximate surface area is 266 Å². The zero-order valence-corrected chi connectivity index (χ0v) is 27.5. The SMILES string of the molecule is C=C1C=C(N2CCOCC2)Oc2c(-c3ccc(CCCCC4=C/CCC/C=C(/C=C(\C)C(=O)N(C)C)C(\C)=N/4)cc3)csc21. The number of likely N-dealkylation sites (N-methyl/N-ethyl adjacent to an activating group) is 1. The van der Waals surface area contributed by atoms with Gasteiger partial charge in [0, 0.05) is 61.2 Å². The molecule has 1 fully saturated rings. The molecule has 0 saturated carbocycles. The fraction of sp³-hybridized carbons (Fsp3) is 0.405. The molecule has 3 aliphatic heterocycles. The van der Waals surface area contributed by atoms with E-state index in [0.29, 0.717) is 0 Å². The third kappa shape index (κ3) is 7.88. The van der Waals surface area contributed by atoms with E-state index in [0.717, 1.165) is 121 Å². The topological polar surface area (TPSA) is 54.4 Å². The first kappa shape index (κ1) is 31.7. The lowest BCUT2D eigenvalue weighted by Gasteiger charge is -2.32. The van der Waals surface area contributed by atoms with Crippen LogP contribution >= 0.6 is 11.3 Å². The number of hydrogen-bond donors (Lipinski definition) is 0. The zero-order chi connectivity index (χ0) is 31.1. The number of morpholine rings is 1. The Morgan fingerprint density at radius 2 is 1.82 bits per heavy atom. The Bertz CT molecular complexity index is 1520. The normalized spacial score (nSPS) is 21.2. The van der Waals surface area contributed by atoms with Crippen molar-refractivity contribution in [3.63, 3.8) is 0 Å². The van der Waals surface area contributed by atoms with Crippen LogP contribution in [-0.4, -0.2) is 61.8 Å². The fourth-order valence-electron chi connectivity index (χ4n) is 5.73.